The van der Waals surface area contributed by atoms with Crippen molar-refractivity contribution in [3.05, 3.63) is 59.8 Å². The lowest BCUT2D eigenvalue weighted by Gasteiger charge is -2.23. The number of pyridine rings is 1. The molecule has 3 heterocycles. The highest BCUT2D eigenvalue weighted by atomic mass is 32.1. The number of aromatic nitrogens is 3. The molecule has 4 aromatic rings. The first-order valence-electron chi connectivity index (χ1n) is 14.3. The minimum atomic E-state index is -0.508. The summed E-state index contributed by atoms with van der Waals surface area (Å²) in [6.45, 7) is 1.30. The number of thiophene rings is 1. The van der Waals surface area contributed by atoms with Crippen LogP contribution in [0.1, 0.15) is 43.4 Å². The van der Waals surface area contributed by atoms with Crippen molar-refractivity contribution >= 4 is 33.4 Å². The number of Topliss-reactive ketones (excluding diaryl/α,β-unsaturated/α-hetero) is 1. The van der Waals surface area contributed by atoms with E-state index in [0.717, 1.165) is 46.8 Å². The monoisotopic (exact) mass is 591 g/mol. The third-order valence-corrected chi connectivity index (χ3v) is 8.76. The number of hydrogen-bond acceptors (Lipinski definition) is 7. The Morgan fingerprint density at radius 2 is 1.98 bits per heavy atom. The van der Waals surface area contributed by atoms with Crippen molar-refractivity contribution in [1.82, 2.24) is 24.8 Å². The van der Waals surface area contributed by atoms with Crippen LogP contribution in [-0.4, -0.2) is 57.6 Å². The van der Waals surface area contributed by atoms with Gasteiger partial charge in [0.25, 0.3) is 0 Å². The molecule has 42 heavy (non-hydrogen) atoms. The molecule has 2 saturated carbocycles. The number of ketones is 1. The van der Waals surface area contributed by atoms with Crippen LogP contribution in [0.4, 0.5) is 9.18 Å². The molecule has 0 radical (unpaired) electrons. The molecule has 3 aromatic heterocycles. The number of urea groups is 1. The van der Waals surface area contributed by atoms with Gasteiger partial charge < -0.3 is 24.3 Å². The van der Waals surface area contributed by atoms with Gasteiger partial charge in [-0.1, -0.05) is 6.07 Å². The number of fused-ring (bicyclic) bond motifs is 1. The largest absolute Gasteiger partial charge is 0.453 e. The van der Waals surface area contributed by atoms with Gasteiger partial charge in [-0.25, -0.2) is 14.2 Å². The second-order valence-corrected chi connectivity index (χ2v) is 12.2. The Kier molecular flexibility index (Phi) is 8.21. The average Bonchev–Trinajstić information content (AvgIpc) is 3.88. The second kappa shape index (κ2) is 12.2. The van der Waals surface area contributed by atoms with E-state index in [0.29, 0.717) is 48.9 Å². The van der Waals surface area contributed by atoms with E-state index in [9.17, 15) is 14.0 Å². The standard InChI is InChI=1S/C31H34FN5O4S/c1-36-22(18-37(11-12-40-2)31(39)35-21-6-7-21)17-34-30(36)28-16-25-29(42-28)27(9-10-33-25)41-26-8-5-20(15-24(26)32)14-23(38)13-19-3-4-19/h5,8-10,15-17,19,21H,3-4,6-7,11-14,18H2,1-2H3,(H,35,39). The molecule has 0 saturated heterocycles. The van der Waals surface area contributed by atoms with E-state index < -0.39 is 5.82 Å². The number of amides is 2. The van der Waals surface area contributed by atoms with Crippen molar-refractivity contribution in [3.63, 3.8) is 0 Å². The number of methoxy groups -OCH3 is 1. The lowest BCUT2D eigenvalue weighted by molar-refractivity contribution is -0.118. The van der Waals surface area contributed by atoms with Gasteiger partial charge in [-0.2, -0.15) is 0 Å². The van der Waals surface area contributed by atoms with Crippen LogP contribution in [0.5, 0.6) is 11.5 Å². The molecule has 9 nitrogen and oxygen atoms in total. The van der Waals surface area contributed by atoms with Crippen LogP contribution in [0, 0.1) is 11.7 Å². The summed E-state index contributed by atoms with van der Waals surface area (Å²) in [4.78, 5) is 36.8. The maximum atomic E-state index is 15.0. The highest BCUT2D eigenvalue weighted by molar-refractivity contribution is 7.22. The summed E-state index contributed by atoms with van der Waals surface area (Å²) in [7, 11) is 3.54. The van der Waals surface area contributed by atoms with Gasteiger partial charge in [0.1, 0.15) is 17.4 Å². The number of halogens is 1. The van der Waals surface area contributed by atoms with Crippen molar-refractivity contribution in [2.45, 2.75) is 51.1 Å². The fraction of sp³-hybridized carbons (Fsp3) is 0.419. The number of nitrogens with one attached hydrogen (secondary N) is 1. The van der Waals surface area contributed by atoms with Gasteiger partial charge in [0.2, 0.25) is 0 Å². The number of imidazole rings is 1. The molecule has 220 valence electrons. The van der Waals surface area contributed by atoms with Crippen LogP contribution in [0.15, 0.2) is 42.7 Å². The lowest BCUT2D eigenvalue weighted by Crippen LogP contribution is -2.42. The van der Waals surface area contributed by atoms with Crippen LogP contribution >= 0.6 is 11.3 Å². The smallest absolute Gasteiger partial charge is 0.318 e. The Balaban J connectivity index is 1.19. The molecule has 1 N–H and O–H groups in total. The Labute approximate surface area is 247 Å². The molecule has 0 atom stereocenters. The van der Waals surface area contributed by atoms with Gasteiger partial charge in [-0.3, -0.25) is 9.78 Å². The molecule has 11 heteroatoms. The maximum Gasteiger partial charge on any atom is 0.318 e. The van der Waals surface area contributed by atoms with E-state index in [4.69, 9.17) is 9.47 Å². The van der Waals surface area contributed by atoms with Crippen LogP contribution in [0.2, 0.25) is 0 Å². The van der Waals surface area contributed by atoms with Gasteiger partial charge >= 0.3 is 6.03 Å². The highest BCUT2D eigenvalue weighted by Gasteiger charge is 2.27. The number of rotatable bonds is 13. The Morgan fingerprint density at radius 1 is 1.14 bits per heavy atom. The quantitative estimate of drug-likeness (QED) is 0.209. The molecule has 2 aliphatic carbocycles. The molecule has 0 bridgehead atoms. The normalized spacial score (nSPS) is 14.7. The SMILES string of the molecule is COCCN(Cc1cnc(-c2cc3nccc(Oc4ccc(CC(=O)CC5CC5)cc4F)c3s2)n1C)C(=O)NC1CC1. The minimum absolute atomic E-state index is 0.0933. The second-order valence-electron chi connectivity index (χ2n) is 11.1. The summed E-state index contributed by atoms with van der Waals surface area (Å²) in [5.41, 5.74) is 2.25. The van der Waals surface area contributed by atoms with Gasteiger partial charge in [-0.05, 0) is 55.4 Å². The maximum absolute atomic E-state index is 15.0. The summed E-state index contributed by atoms with van der Waals surface area (Å²) >= 11 is 1.46. The van der Waals surface area contributed by atoms with Crippen LogP contribution in [0.3, 0.4) is 0 Å². The molecular weight excluding hydrogens is 557 g/mol. The van der Waals surface area contributed by atoms with Crippen LogP contribution in [0.25, 0.3) is 20.9 Å². The van der Waals surface area contributed by atoms with E-state index in [1.54, 1.807) is 42.6 Å². The van der Waals surface area contributed by atoms with E-state index in [-0.39, 0.29) is 30.0 Å². The summed E-state index contributed by atoms with van der Waals surface area (Å²) in [6, 6.07) is 8.52. The van der Waals surface area contributed by atoms with Gasteiger partial charge in [0.05, 0.1) is 40.1 Å². The zero-order chi connectivity index (χ0) is 29.2. The Morgan fingerprint density at radius 3 is 2.71 bits per heavy atom. The first-order chi connectivity index (χ1) is 20.4. The van der Waals surface area contributed by atoms with Crippen LogP contribution in [-0.2, 0) is 29.5 Å². The molecule has 1 aromatic carbocycles. The highest BCUT2D eigenvalue weighted by Crippen LogP contribution is 2.39. The number of hydrogen-bond donors (Lipinski definition) is 1. The topological polar surface area (TPSA) is 98.6 Å². The number of ether oxygens (including phenoxy) is 2. The number of carbonyl (C=O) groups is 2. The molecule has 2 aliphatic rings. The van der Waals surface area contributed by atoms with Gasteiger partial charge in [0.15, 0.2) is 11.6 Å². The first-order valence-corrected chi connectivity index (χ1v) is 15.1. The minimum Gasteiger partial charge on any atom is -0.453 e. The molecule has 2 amide bonds. The Hall–Kier alpha value is -3.83. The van der Waals surface area contributed by atoms with Crippen molar-refractivity contribution in [1.29, 1.82) is 0 Å². The predicted octanol–water partition coefficient (Wildman–Crippen LogP) is 5.86. The summed E-state index contributed by atoms with van der Waals surface area (Å²) < 4.78 is 29.0. The van der Waals surface area contributed by atoms with E-state index in [1.807, 2.05) is 17.7 Å². The molecule has 6 rings (SSSR count). The third kappa shape index (κ3) is 6.63. The molecular formula is C31H34FN5O4S. The summed E-state index contributed by atoms with van der Waals surface area (Å²) in [5.74, 6) is 1.47. The third-order valence-electron chi connectivity index (χ3n) is 7.62. The lowest BCUT2D eigenvalue weighted by atomic mass is 10.0. The van der Waals surface area contributed by atoms with Crippen molar-refractivity contribution < 1.29 is 23.5 Å². The summed E-state index contributed by atoms with van der Waals surface area (Å²) in [5, 5.41) is 3.05. The zero-order valence-corrected chi connectivity index (χ0v) is 24.6. The first kappa shape index (κ1) is 28.3. The number of benzene rings is 1. The number of carbonyl (C=O) groups excluding carboxylic acids is 2. The van der Waals surface area contributed by atoms with Crippen molar-refractivity contribution in [2.24, 2.45) is 13.0 Å². The average molecular weight is 592 g/mol. The van der Waals surface area contributed by atoms with E-state index >= 15 is 0 Å². The predicted molar refractivity (Wildman–Crippen MR) is 158 cm³/mol. The fourth-order valence-electron chi connectivity index (χ4n) is 4.87. The van der Waals surface area contributed by atoms with E-state index in [2.05, 4.69) is 15.3 Å². The molecule has 2 fully saturated rings. The molecule has 0 spiro atoms. The number of nitrogens with zero attached hydrogens (tertiary/aromatic N) is 4. The zero-order valence-electron chi connectivity index (χ0n) is 23.8. The van der Waals surface area contributed by atoms with Crippen LogP contribution < -0.4 is 10.1 Å². The van der Waals surface area contributed by atoms with Gasteiger partial charge in [-0.15, -0.1) is 11.3 Å². The van der Waals surface area contributed by atoms with Crippen molar-refractivity contribution in [3.8, 4) is 22.2 Å². The van der Waals surface area contributed by atoms with E-state index in [1.165, 1.54) is 17.4 Å². The Bertz CT molecular complexity index is 1610. The molecule has 0 aliphatic heterocycles. The van der Waals surface area contributed by atoms with Crippen molar-refractivity contribution in [2.75, 3.05) is 20.3 Å². The van der Waals surface area contributed by atoms with Gasteiger partial charge in [0, 0.05) is 51.8 Å². The molecule has 0 unspecified atom stereocenters. The summed E-state index contributed by atoms with van der Waals surface area (Å²) in [6.07, 6.45) is 8.50. The fourth-order valence-corrected chi connectivity index (χ4v) is 5.97.